The van der Waals surface area contributed by atoms with Crippen LogP contribution in [0.4, 0.5) is 4.39 Å². The molecule has 0 aliphatic heterocycles. The first kappa shape index (κ1) is 20.1. The molecule has 1 heterocycles. The Bertz CT molecular complexity index is 1240. The fourth-order valence-corrected chi connectivity index (χ4v) is 4.30. The summed E-state index contributed by atoms with van der Waals surface area (Å²) in [6.07, 6.45) is 4.52. The van der Waals surface area contributed by atoms with E-state index in [1.807, 2.05) is 24.3 Å². The summed E-state index contributed by atoms with van der Waals surface area (Å²) in [5.41, 5.74) is 10.6. The van der Waals surface area contributed by atoms with Gasteiger partial charge in [-0.05, 0) is 49.1 Å². The molecule has 0 radical (unpaired) electrons. The van der Waals surface area contributed by atoms with E-state index in [0.717, 1.165) is 34.6 Å². The molecule has 0 unspecified atom stereocenters. The van der Waals surface area contributed by atoms with Crippen molar-refractivity contribution in [1.82, 2.24) is 4.57 Å². The van der Waals surface area contributed by atoms with Gasteiger partial charge in [-0.25, -0.2) is 4.39 Å². The van der Waals surface area contributed by atoms with Crippen molar-refractivity contribution in [3.8, 4) is 0 Å². The maximum absolute atomic E-state index is 14.8. The molecule has 4 rings (SSSR count). The normalized spacial score (nSPS) is 11.4. The molecule has 4 heteroatoms. The molecule has 4 aromatic rings. The zero-order chi connectivity index (χ0) is 21.3. The minimum atomic E-state index is -0.451. The number of nitrogens with two attached hydrogens (primary N) is 1. The van der Waals surface area contributed by atoms with E-state index in [1.54, 1.807) is 19.1 Å². The number of aromatic nitrogens is 1. The molecule has 30 heavy (non-hydrogen) atoms. The zero-order valence-electron chi connectivity index (χ0n) is 17.5. The number of carbonyl (C=O) groups is 1. The summed E-state index contributed by atoms with van der Waals surface area (Å²) in [5, 5.41) is 1.82. The Morgan fingerprint density at radius 3 is 2.60 bits per heavy atom. The summed E-state index contributed by atoms with van der Waals surface area (Å²) in [7, 11) is 0. The summed E-state index contributed by atoms with van der Waals surface area (Å²) in [6.45, 7) is 4.37. The number of fused-ring (bicyclic) bond motifs is 3. The van der Waals surface area contributed by atoms with Gasteiger partial charge < -0.3 is 10.3 Å². The summed E-state index contributed by atoms with van der Waals surface area (Å²) < 4.78 is 16.9. The molecule has 0 atom stereocenters. The third-order valence-electron chi connectivity index (χ3n) is 5.89. The molecular formula is C26H27FN2O. The Morgan fingerprint density at radius 2 is 1.83 bits per heavy atom. The van der Waals surface area contributed by atoms with Gasteiger partial charge in [0.1, 0.15) is 5.82 Å². The highest BCUT2D eigenvalue weighted by atomic mass is 19.1. The van der Waals surface area contributed by atoms with Crippen LogP contribution in [0.5, 0.6) is 0 Å². The third kappa shape index (κ3) is 3.58. The fourth-order valence-electron chi connectivity index (χ4n) is 4.30. The van der Waals surface area contributed by atoms with Gasteiger partial charge in [0.2, 0.25) is 5.91 Å². The van der Waals surface area contributed by atoms with Gasteiger partial charge in [-0.15, -0.1) is 0 Å². The summed E-state index contributed by atoms with van der Waals surface area (Å²) in [5.74, 6) is -0.633. The first-order chi connectivity index (χ1) is 14.5. The molecule has 0 saturated heterocycles. The van der Waals surface area contributed by atoms with Gasteiger partial charge in [-0.3, -0.25) is 4.79 Å². The van der Waals surface area contributed by atoms with Crippen LogP contribution in [-0.2, 0) is 13.0 Å². The first-order valence-electron chi connectivity index (χ1n) is 10.6. The monoisotopic (exact) mass is 402 g/mol. The Balaban J connectivity index is 1.94. The van der Waals surface area contributed by atoms with E-state index in [-0.39, 0.29) is 5.82 Å². The molecule has 0 aliphatic rings. The molecule has 1 aromatic heterocycles. The van der Waals surface area contributed by atoms with Crippen molar-refractivity contribution in [2.45, 2.75) is 46.1 Å². The van der Waals surface area contributed by atoms with E-state index in [4.69, 9.17) is 5.73 Å². The molecule has 0 spiro atoms. The number of hydrogen-bond acceptors (Lipinski definition) is 1. The number of amides is 1. The van der Waals surface area contributed by atoms with Crippen LogP contribution in [0.3, 0.4) is 0 Å². The molecule has 0 bridgehead atoms. The zero-order valence-corrected chi connectivity index (χ0v) is 17.5. The minimum absolute atomic E-state index is 0.183. The average molecular weight is 403 g/mol. The van der Waals surface area contributed by atoms with Crippen molar-refractivity contribution in [1.29, 1.82) is 0 Å². The third-order valence-corrected chi connectivity index (χ3v) is 5.89. The number of benzene rings is 3. The van der Waals surface area contributed by atoms with E-state index >= 15 is 0 Å². The van der Waals surface area contributed by atoms with Gasteiger partial charge in [-0.1, -0.05) is 56.2 Å². The number of nitrogens with zero attached hydrogens (tertiary/aromatic N) is 1. The fraction of sp³-hybridized carbons (Fsp3) is 0.269. The summed E-state index contributed by atoms with van der Waals surface area (Å²) in [4.78, 5) is 12.1. The number of aryl methyl sites for hydroxylation is 2. The van der Waals surface area contributed by atoms with Crippen molar-refractivity contribution in [3.05, 3.63) is 82.7 Å². The van der Waals surface area contributed by atoms with Crippen LogP contribution in [0.1, 0.15) is 53.2 Å². The van der Waals surface area contributed by atoms with Crippen LogP contribution in [0.2, 0.25) is 0 Å². The second-order valence-corrected chi connectivity index (χ2v) is 8.01. The second-order valence-electron chi connectivity index (χ2n) is 8.01. The standard InChI is InChI=1S/C26H27FN2O/c1-3-4-5-9-18-13-14-20-23(15-18)29(16-19-10-6-8-17(2)25(19)27)22-12-7-11-21(24(20)22)26(28)30/h6-8,10-15H,3-5,9,16H2,1-2H3,(H2,28,30). The number of primary amides is 1. The lowest BCUT2D eigenvalue weighted by Gasteiger charge is -2.11. The van der Waals surface area contributed by atoms with Crippen LogP contribution >= 0.6 is 0 Å². The number of hydrogen-bond donors (Lipinski definition) is 1. The lowest BCUT2D eigenvalue weighted by atomic mass is 10.0. The Labute approximate surface area is 176 Å². The predicted molar refractivity (Wildman–Crippen MR) is 121 cm³/mol. The number of rotatable bonds is 7. The van der Waals surface area contributed by atoms with Gasteiger partial charge in [0, 0.05) is 27.4 Å². The highest BCUT2D eigenvalue weighted by molar-refractivity contribution is 6.18. The second kappa shape index (κ2) is 8.31. The Kier molecular flexibility index (Phi) is 5.58. The molecule has 154 valence electrons. The van der Waals surface area contributed by atoms with Gasteiger partial charge in [-0.2, -0.15) is 0 Å². The molecule has 2 N–H and O–H groups in total. The van der Waals surface area contributed by atoms with Crippen molar-refractivity contribution >= 4 is 27.7 Å². The van der Waals surface area contributed by atoms with Gasteiger partial charge >= 0.3 is 0 Å². The van der Waals surface area contributed by atoms with Gasteiger partial charge in [0.05, 0.1) is 12.1 Å². The van der Waals surface area contributed by atoms with Crippen LogP contribution < -0.4 is 5.73 Å². The quantitative estimate of drug-likeness (QED) is 0.372. The number of halogens is 1. The summed E-state index contributed by atoms with van der Waals surface area (Å²) >= 11 is 0. The SMILES string of the molecule is CCCCCc1ccc2c3c(C(N)=O)cccc3n(Cc3cccc(C)c3F)c2c1. The largest absolute Gasteiger partial charge is 0.366 e. The minimum Gasteiger partial charge on any atom is -0.366 e. The van der Waals surface area contributed by atoms with Gasteiger partial charge in [0.25, 0.3) is 0 Å². The number of carbonyl (C=O) groups excluding carboxylic acids is 1. The van der Waals surface area contributed by atoms with Gasteiger partial charge in [0.15, 0.2) is 0 Å². The van der Waals surface area contributed by atoms with Crippen molar-refractivity contribution in [3.63, 3.8) is 0 Å². The predicted octanol–water partition coefficient (Wildman–Crippen LogP) is 6.12. The van der Waals surface area contributed by atoms with Crippen LogP contribution in [0, 0.1) is 12.7 Å². The Hall–Kier alpha value is -3.14. The molecule has 0 saturated carbocycles. The smallest absolute Gasteiger partial charge is 0.249 e. The molecule has 0 aliphatic carbocycles. The van der Waals surface area contributed by atoms with Crippen molar-refractivity contribution in [2.24, 2.45) is 5.73 Å². The highest BCUT2D eigenvalue weighted by Crippen LogP contribution is 2.33. The van der Waals surface area contributed by atoms with E-state index in [9.17, 15) is 9.18 Å². The van der Waals surface area contributed by atoms with Crippen molar-refractivity contribution in [2.75, 3.05) is 0 Å². The molecule has 0 fully saturated rings. The van der Waals surface area contributed by atoms with E-state index in [0.29, 0.717) is 23.2 Å². The van der Waals surface area contributed by atoms with Crippen LogP contribution in [0.25, 0.3) is 21.8 Å². The summed E-state index contributed by atoms with van der Waals surface area (Å²) in [6, 6.07) is 17.5. The molecule has 1 amide bonds. The number of unbranched alkanes of at least 4 members (excludes halogenated alkanes) is 2. The van der Waals surface area contributed by atoms with E-state index in [1.165, 1.54) is 18.4 Å². The van der Waals surface area contributed by atoms with Crippen LogP contribution in [-0.4, -0.2) is 10.5 Å². The molecule has 3 nitrogen and oxygen atoms in total. The topological polar surface area (TPSA) is 48.0 Å². The maximum atomic E-state index is 14.8. The van der Waals surface area contributed by atoms with Crippen molar-refractivity contribution < 1.29 is 9.18 Å². The lowest BCUT2D eigenvalue weighted by Crippen LogP contribution is -2.11. The van der Waals surface area contributed by atoms with E-state index in [2.05, 4.69) is 29.7 Å². The van der Waals surface area contributed by atoms with E-state index < -0.39 is 5.91 Å². The highest BCUT2D eigenvalue weighted by Gasteiger charge is 2.18. The lowest BCUT2D eigenvalue weighted by molar-refractivity contribution is 0.100. The average Bonchev–Trinajstić information content (AvgIpc) is 3.04. The van der Waals surface area contributed by atoms with Crippen LogP contribution in [0.15, 0.2) is 54.6 Å². The Morgan fingerprint density at radius 1 is 1.03 bits per heavy atom. The molecule has 3 aromatic carbocycles. The molecular weight excluding hydrogens is 375 g/mol. The first-order valence-corrected chi connectivity index (χ1v) is 10.6. The maximum Gasteiger partial charge on any atom is 0.249 e.